The van der Waals surface area contributed by atoms with Crippen LogP contribution in [0, 0.1) is 0 Å². The second kappa shape index (κ2) is 3.72. The zero-order chi connectivity index (χ0) is 9.10. The molecule has 0 radical (unpaired) electrons. The Morgan fingerprint density at radius 1 is 1.38 bits per heavy atom. The minimum absolute atomic E-state index is 0.137. The van der Waals surface area contributed by atoms with Crippen molar-refractivity contribution in [1.29, 1.82) is 0 Å². The summed E-state index contributed by atoms with van der Waals surface area (Å²) < 4.78 is 5.54. The standard InChI is InChI=1S/C9H12N2O2/c12-8-5-11-6-9(8)13-7-1-3-10-4-2-7/h1-4,8-9,11-12H,5-6H2. The highest BCUT2D eigenvalue weighted by Crippen LogP contribution is 2.13. The van der Waals surface area contributed by atoms with Crippen LogP contribution in [0.25, 0.3) is 0 Å². The highest BCUT2D eigenvalue weighted by molar-refractivity contribution is 5.17. The molecule has 2 atom stereocenters. The molecule has 1 fully saturated rings. The molecule has 0 bridgehead atoms. The van der Waals surface area contributed by atoms with Gasteiger partial charge in [0.1, 0.15) is 18.0 Å². The van der Waals surface area contributed by atoms with Crippen molar-refractivity contribution in [2.24, 2.45) is 0 Å². The van der Waals surface area contributed by atoms with Crippen LogP contribution in [0.3, 0.4) is 0 Å². The zero-order valence-corrected chi connectivity index (χ0v) is 7.18. The number of hydrogen-bond acceptors (Lipinski definition) is 4. The fourth-order valence-corrected chi connectivity index (χ4v) is 1.35. The number of aromatic nitrogens is 1. The lowest BCUT2D eigenvalue weighted by Gasteiger charge is -2.15. The molecule has 0 saturated carbocycles. The van der Waals surface area contributed by atoms with Crippen LogP contribution in [-0.4, -0.2) is 35.4 Å². The number of aliphatic hydroxyl groups excluding tert-OH is 1. The summed E-state index contributed by atoms with van der Waals surface area (Å²) in [6, 6.07) is 3.57. The third kappa shape index (κ3) is 1.96. The van der Waals surface area contributed by atoms with Crippen molar-refractivity contribution in [3.8, 4) is 5.75 Å². The highest BCUT2D eigenvalue weighted by atomic mass is 16.5. The minimum atomic E-state index is -0.409. The highest BCUT2D eigenvalue weighted by Gasteiger charge is 2.26. The Labute approximate surface area is 76.6 Å². The van der Waals surface area contributed by atoms with Gasteiger partial charge in [-0.3, -0.25) is 4.98 Å². The molecule has 0 aliphatic carbocycles. The van der Waals surface area contributed by atoms with Gasteiger partial charge < -0.3 is 15.2 Å². The van der Waals surface area contributed by atoms with Gasteiger partial charge in [0.05, 0.1) is 0 Å². The largest absolute Gasteiger partial charge is 0.486 e. The van der Waals surface area contributed by atoms with E-state index in [1.807, 2.05) is 0 Å². The molecule has 1 saturated heterocycles. The van der Waals surface area contributed by atoms with E-state index in [2.05, 4.69) is 10.3 Å². The van der Waals surface area contributed by atoms with E-state index in [0.717, 1.165) is 5.75 Å². The van der Waals surface area contributed by atoms with Crippen LogP contribution in [0.5, 0.6) is 5.75 Å². The van der Waals surface area contributed by atoms with Crippen molar-refractivity contribution in [1.82, 2.24) is 10.3 Å². The zero-order valence-electron chi connectivity index (χ0n) is 7.18. The van der Waals surface area contributed by atoms with Crippen LogP contribution in [0.1, 0.15) is 0 Å². The number of aliphatic hydroxyl groups is 1. The number of hydrogen-bond donors (Lipinski definition) is 2. The van der Waals surface area contributed by atoms with E-state index in [9.17, 15) is 5.11 Å². The molecule has 2 heterocycles. The van der Waals surface area contributed by atoms with Crippen molar-refractivity contribution in [3.63, 3.8) is 0 Å². The Hall–Kier alpha value is -1.13. The second-order valence-corrected chi connectivity index (χ2v) is 3.06. The first-order valence-corrected chi connectivity index (χ1v) is 4.32. The number of ether oxygens (including phenoxy) is 1. The van der Waals surface area contributed by atoms with Gasteiger partial charge in [0.25, 0.3) is 0 Å². The molecule has 1 aromatic heterocycles. The van der Waals surface area contributed by atoms with Gasteiger partial charge in [0.15, 0.2) is 0 Å². The minimum Gasteiger partial charge on any atom is -0.486 e. The fourth-order valence-electron chi connectivity index (χ4n) is 1.35. The maximum atomic E-state index is 9.45. The molecule has 2 N–H and O–H groups in total. The summed E-state index contributed by atoms with van der Waals surface area (Å²) in [5, 5.41) is 12.5. The van der Waals surface area contributed by atoms with E-state index in [0.29, 0.717) is 13.1 Å². The Kier molecular flexibility index (Phi) is 2.42. The summed E-state index contributed by atoms with van der Waals surface area (Å²) in [6.07, 6.45) is 2.80. The second-order valence-electron chi connectivity index (χ2n) is 3.06. The first-order chi connectivity index (χ1) is 6.36. The Morgan fingerprint density at radius 3 is 2.77 bits per heavy atom. The summed E-state index contributed by atoms with van der Waals surface area (Å²) >= 11 is 0. The van der Waals surface area contributed by atoms with Gasteiger partial charge in [-0.05, 0) is 12.1 Å². The predicted octanol–water partition coefficient (Wildman–Crippen LogP) is -0.207. The van der Waals surface area contributed by atoms with E-state index in [4.69, 9.17) is 4.74 Å². The van der Waals surface area contributed by atoms with E-state index in [-0.39, 0.29) is 6.10 Å². The topological polar surface area (TPSA) is 54.4 Å². The molecular formula is C9H12N2O2. The molecule has 2 unspecified atom stereocenters. The summed E-state index contributed by atoms with van der Waals surface area (Å²) in [7, 11) is 0. The molecule has 13 heavy (non-hydrogen) atoms. The van der Waals surface area contributed by atoms with E-state index in [1.165, 1.54) is 0 Å². The number of rotatable bonds is 2. The molecule has 4 nitrogen and oxygen atoms in total. The summed E-state index contributed by atoms with van der Waals surface area (Å²) in [4.78, 5) is 3.88. The van der Waals surface area contributed by atoms with Gasteiger partial charge in [-0.2, -0.15) is 0 Å². The van der Waals surface area contributed by atoms with Crippen molar-refractivity contribution < 1.29 is 9.84 Å². The van der Waals surface area contributed by atoms with Crippen LogP contribution < -0.4 is 10.1 Å². The smallest absolute Gasteiger partial charge is 0.138 e. The summed E-state index contributed by atoms with van der Waals surface area (Å²) in [5.74, 6) is 0.753. The van der Waals surface area contributed by atoms with Crippen LogP contribution in [0.2, 0.25) is 0 Å². The van der Waals surface area contributed by atoms with Gasteiger partial charge in [0, 0.05) is 25.5 Å². The number of pyridine rings is 1. The van der Waals surface area contributed by atoms with E-state index < -0.39 is 6.10 Å². The molecule has 1 aliphatic rings. The van der Waals surface area contributed by atoms with E-state index in [1.54, 1.807) is 24.5 Å². The molecule has 0 spiro atoms. The lowest BCUT2D eigenvalue weighted by atomic mass is 10.2. The molecule has 0 amide bonds. The lowest BCUT2D eigenvalue weighted by Crippen LogP contribution is -2.29. The van der Waals surface area contributed by atoms with Gasteiger partial charge in [-0.1, -0.05) is 0 Å². The number of nitrogens with zero attached hydrogens (tertiary/aromatic N) is 1. The third-order valence-corrected chi connectivity index (χ3v) is 2.07. The van der Waals surface area contributed by atoms with Crippen LogP contribution >= 0.6 is 0 Å². The Bertz CT molecular complexity index is 266. The normalized spacial score (nSPS) is 27.5. The van der Waals surface area contributed by atoms with Crippen molar-refractivity contribution in [2.75, 3.05) is 13.1 Å². The first kappa shape index (κ1) is 8.47. The summed E-state index contributed by atoms with van der Waals surface area (Å²) in [5.41, 5.74) is 0. The number of β-amino-alcohol motifs (C(OH)–C–C–N with tert-alkyl or cyclic N) is 1. The van der Waals surface area contributed by atoms with Gasteiger partial charge >= 0.3 is 0 Å². The van der Waals surface area contributed by atoms with Gasteiger partial charge in [-0.25, -0.2) is 0 Å². The molecule has 4 heteroatoms. The molecular weight excluding hydrogens is 168 g/mol. The van der Waals surface area contributed by atoms with Crippen molar-refractivity contribution in [3.05, 3.63) is 24.5 Å². The monoisotopic (exact) mass is 180 g/mol. The van der Waals surface area contributed by atoms with Gasteiger partial charge in [-0.15, -0.1) is 0 Å². The SMILES string of the molecule is OC1CNCC1Oc1ccncc1. The van der Waals surface area contributed by atoms with Crippen molar-refractivity contribution in [2.45, 2.75) is 12.2 Å². The first-order valence-electron chi connectivity index (χ1n) is 4.32. The maximum Gasteiger partial charge on any atom is 0.138 e. The predicted molar refractivity (Wildman–Crippen MR) is 47.5 cm³/mol. The number of nitrogens with one attached hydrogen (secondary N) is 1. The van der Waals surface area contributed by atoms with Crippen LogP contribution in [-0.2, 0) is 0 Å². The maximum absolute atomic E-state index is 9.45. The molecule has 1 aliphatic heterocycles. The molecule has 2 rings (SSSR count). The molecule has 70 valence electrons. The van der Waals surface area contributed by atoms with E-state index >= 15 is 0 Å². The average Bonchev–Trinajstić information content (AvgIpc) is 2.54. The van der Waals surface area contributed by atoms with Crippen LogP contribution in [0.4, 0.5) is 0 Å². The van der Waals surface area contributed by atoms with Crippen molar-refractivity contribution >= 4 is 0 Å². The molecule has 0 aromatic carbocycles. The Balaban J connectivity index is 1.98. The average molecular weight is 180 g/mol. The quantitative estimate of drug-likeness (QED) is 0.661. The Morgan fingerprint density at radius 2 is 2.15 bits per heavy atom. The van der Waals surface area contributed by atoms with Crippen LogP contribution in [0.15, 0.2) is 24.5 Å². The summed E-state index contributed by atoms with van der Waals surface area (Å²) in [6.45, 7) is 1.30. The lowest BCUT2D eigenvalue weighted by molar-refractivity contribution is 0.0737. The fraction of sp³-hybridized carbons (Fsp3) is 0.444. The third-order valence-electron chi connectivity index (χ3n) is 2.07. The van der Waals surface area contributed by atoms with Gasteiger partial charge in [0.2, 0.25) is 0 Å². The molecule has 1 aromatic rings.